The molecule has 6 heteroatoms. The molecule has 0 aliphatic carbocycles. The van der Waals surface area contributed by atoms with Gasteiger partial charge in [0.05, 0.1) is 31.3 Å². The summed E-state index contributed by atoms with van der Waals surface area (Å²) < 4.78 is 7.36. The van der Waals surface area contributed by atoms with Gasteiger partial charge in [-0.1, -0.05) is 12.1 Å². The van der Waals surface area contributed by atoms with Crippen LogP contribution < -0.4 is 4.90 Å². The first-order chi connectivity index (χ1) is 11.3. The summed E-state index contributed by atoms with van der Waals surface area (Å²) in [6, 6.07) is 8.62. The largest absolute Gasteiger partial charge is 0.378 e. The molecule has 1 aliphatic rings. The SMILES string of the molecule is Cc1ncc2cnn(Cc3cccc(N4CCOCC4)c3)c2n1. The molecule has 0 bridgehead atoms. The molecule has 4 rings (SSSR count). The molecule has 23 heavy (non-hydrogen) atoms. The van der Waals surface area contributed by atoms with Crippen LogP contribution in [0.2, 0.25) is 0 Å². The minimum Gasteiger partial charge on any atom is -0.378 e. The zero-order valence-corrected chi connectivity index (χ0v) is 13.1. The summed E-state index contributed by atoms with van der Waals surface area (Å²) in [5, 5.41) is 5.43. The number of aromatic nitrogens is 4. The highest BCUT2D eigenvalue weighted by Crippen LogP contribution is 2.19. The van der Waals surface area contributed by atoms with Crippen molar-refractivity contribution in [3.05, 3.63) is 48.0 Å². The lowest BCUT2D eigenvalue weighted by atomic mass is 10.2. The molecule has 3 aromatic rings. The average Bonchev–Trinajstić information content (AvgIpc) is 2.98. The number of hydrogen-bond donors (Lipinski definition) is 0. The Morgan fingerprint density at radius 2 is 2.04 bits per heavy atom. The predicted molar refractivity (Wildman–Crippen MR) is 88.6 cm³/mol. The zero-order valence-electron chi connectivity index (χ0n) is 13.1. The van der Waals surface area contributed by atoms with Gasteiger partial charge in [-0.3, -0.25) is 0 Å². The van der Waals surface area contributed by atoms with Crippen molar-refractivity contribution in [1.82, 2.24) is 19.7 Å². The topological polar surface area (TPSA) is 56.1 Å². The highest BCUT2D eigenvalue weighted by molar-refractivity contribution is 5.73. The van der Waals surface area contributed by atoms with Crippen LogP contribution in [0.3, 0.4) is 0 Å². The first kappa shape index (κ1) is 14.1. The normalized spacial score (nSPS) is 15.3. The fraction of sp³-hybridized carbons (Fsp3) is 0.353. The van der Waals surface area contributed by atoms with Crippen molar-refractivity contribution in [2.24, 2.45) is 0 Å². The van der Waals surface area contributed by atoms with E-state index in [-0.39, 0.29) is 0 Å². The molecule has 1 fully saturated rings. The van der Waals surface area contributed by atoms with E-state index in [1.807, 2.05) is 24.0 Å². The van der Waals surface area contributed by atoms with E-state index in [4.69, 9.17) is 4.74 Å². The third-order valence-electron chi connectivity index (χ3n) is 4.12. The number of rotatable bonds is 3. The van der Waals surface area contributed by atoms with E-state index in [2.05, 4.69) is 44.2 Å². The molecule has 6 nitrogen and oxygen atoms in total. The van der Waals surface area contributed by atoms with Gasteiger partial charge in [0.1, 0.15) is 5.82 Å². The van der Waals surface area contributed by atoms with E-state index >= 15 is 0 Å². The maximum atomic E-state index is 5.43. The Morgan fingerprint density at radius 3 is 2.91 bits per heavy atom. The lowest BCUT2D eigenvalue weighted by molar-refractivity contribution is 0.122. The molecule has 1 aliphatic heterocycles. The van der Waals surface area contributed by atoms with Crippen molar-refractivity contribution < 1.29 is 4.74 Å². The Kier molecular flexibility index (Phi) is 3.67. The van der Waals surface area contributed by atoms with Crippen LogP contribution in [-0.4, -0.2) is 46.1 Å². The third kappa shape index (κ3) is 2.90. The van der Waals surface area contributed by atoms with Crippen molar-refractivity contribution >= 4 is 16.7 Å². The Hall–Kier alpha value is -2.47. The van der Waals surface area contributed by atoms with Gasteiger partial charge in [-0.15, -0.1) is 0 Å². The summed E-state index contributed by atoms with van der Waals surface area (Å²) in [5.41, 5.74) is 3.35. The third-order valence-corrected chi connectivity index (χ3v) is 4.12. The fourth-order valence-corrected chi connectivity index (χ4v) is 2.91. The number of aryl methyl sites for hydroxylation is 1. The molecule has 0 saturated carbocycles. The van der Waals surface area contributed by atoms with Gasteiger partial charge < -0.3 is 9.64 Å². The van der Waals surface area contributed by atoms with Crippen LogP contribution in [0.25, 0.3) is 11.0 Å². The first-order valence-corrected chi connectivity index (χ1v) is 7.86. The molecule has 2 aromatic heterocycles. The standard InChI is InChI=1S/C17H19N5O/c1-13-18-10-15-11-19-22(17(15)20-13)12-14-3-2-4-16(9-14)21-5-7-23-8-6-21/h2-4,9-11H,5-8,12H2,1H3. The number of ether oxygens (including phenoxy) is 1. The van der Waals surface area contributed by atoms with Crippen LogP contribution >= 0.6 is 0 Å². The second-order valence-electron chi connectivity index (χ2n) is 5.77. The van der Waals surface area contributed by atoms with Crippen molar-refractivity contribution in [2.45, 2.75) is 13.5 Å². The van der Waals surface area contributed by atoms with Gasteiger partial charge >= 0.3 is 0 Å². The van der Waals surface area contributed by atoms with Gasteiger partial charge in [0, 0.05) is 25.0 Å². The van der Waals surface area contributed by atoms with E-state index in [9.17, 15) is 0 Å². The average molecular weight is 309 g/mol. The molecule has 0 amide bonds. The number of benzene rings is 1. The van der Waals surface area contributed by atoms with Crippen molar-refractivity contribution in [2.75, 3.05) is 31.2 Å². The Bertz CT molecular complexity index is 823. The van der Waals surface area contributed by atoms with E-state index in [0.29, 0.717) is 6.54 Å². The highest BCUT2D eigenvalue weighted by Gasteiger charge is 2.12. The molecule has 1 saturated heterocycles. The molecule has 3 heterocycles. The van der Waals surface area contributed by atoms with E-state index in [0.717, 1.165) is 43.2 Å². The molecule has 0 unspecified atom stereocenters. The summed E-state index contributed by atoms with van der Waals surface area (Å²) in [6.07, 6.45) is 3.64. The number of hydrogen-bond acceptors (Lipinski definition) is 5. The molecular formula is C17H19N5O. The summed E-state index contributed by atoms with van der Waals surface area (Å²) in [6.45, 7) is 6.09. The highest BCUT2D eigenvalue weighted by atomic mass is 16.5. The smallest absolute Gasteiger partial charge is 0.161 e. The van der Waals surface area contributed by atoms with Crippen LogP contribution in [0.5, 0.6) is 0 Å². The van der Waals surface area contributed by atoms with Crippen LogP contribution in [-0.2, 0) is 11.3 Å². The first-order valence-electron chi connectivity index (χ1n) is 7.86. The molecule has 0 radical (unpaired) electrons. The van der Waals surface area contributed by atoms with Crippen molar-refractivity contribution in [3.8, 4) is 0 Å². The van der Waals surface area contributed by atoms with Crippen molar-refractivity contribution in [3.63, 3.8) is 0 Å². The second-order valence-corrected chi connectivity index (χ2v) is 5.77. The molecule has 0 N–H and O–H groups in total. The molecule has 0 atom stereocenters. The number of nitrogens with zero attached hydrogens (tertiary/aromatic N) is 5. The minimum atomic E-state index is 0.706. The van der Waals surface area contributed by atoms with Crippen LogP contribution in [0, 0.1) is 6.92 Å². The van der Waals surface area contributed by atoms with Crippen molar-refractivity contribution in [1.29, 1.82) is 0 Å². The van der Waals surface area contributed by atoms with E-state index < -0.39 is 0 Å². The van der Waals surface area contributed by atoms with Gasteiger partial charge in [-0.25, -0.2) is 14.6 Å². The van der Waals surface area contributed by atoms with Crippen LogP contribution in [0.4, 0.5) is 5.69 Å². The predicted octanol–water partition coefficient (Wildman–Crippen LogP) is 2.02. The zero-order chi connectivity index (χ0) is 15.6. The number of fused-ring (bicyclic) bond motifs is 1. The number of anilines is 1. The molecule has 0 spiro atoms. The monoisotopic (exact) mass is 309 g/mol. The lowest BCUT2D eigenvalue weighted by Crippen LogP contribution is -2.36. The quantitative estimate of drug-likeness (QED) is 0.741. The Balaban J connectivity index is 1.61. The Labute approximate surface area is 134 Å². The molecular weight excluding hydrogens is 290 g/mol. The van der Waals surface area contributed by atoms with Crippen LogP contribution in [0.15, 0.2) is 36.7 Å². The lowest BCUT2D eigenvalue weighted by Gasteiger charge is -2.29. The van der Waals surface area contributed by atoms with Gasteiger partial charge in [-0.05, 0) is 24.6 Å². The summed E-state index contributed by atoms with van der Waals surface area (Å²) >= 11 is 0. The van der Waals surface area contributed by atoms with E-state index in [1.165, 1.54) is 11.3 Å². The minimum absolute atomic E-state index is 0.706. The Morgan fingerprint density at radius 1 is 1.17 bits per heavy atom. The summed E-state index contributed by atoms with van der Waals surface area (Å²) in [7, 11) is 0. The molecule has 1 aromatic carbocycles. The van der Waals surface area contributed by atoms with Gasteiger partial charge in [0.25, 0.3) is 0 Å². The van der Waals surface area contributed by atoms with Gasteiger partial charge in [-0.2, -0.15) is 5.10 Å². The summed E-state index contributed by atoms with van der Waals surface area (Å²) in [4.78, 5) is 11.1. The second kappa shape index (κ2) is 5.96. The number of morpholine rings is 1. The van der Waals surface area contributed by atoms with Gasteiger partial charge in [0.15, 0.2) is 5.65 Å². The van der Waals surface area contributed by atoms with Gasteiger partial charge in [0.2, 0.25) is 0 Å². The molecule has 118 valence electrons. The summed E-state index contributed by atoms with van der Waals surface area (Å²) in [5.74, 6) is 0.765. The maximum absolute atomic E-state index is 5.43. The fourth-order valence-electron chi connectivity index (χ4n) is 2.91. The van der Waals surface area contributed by atoms with Crippen LogP contribution in [0.1, 0.15) is 11.4 Å². The van der Waals surface area contributed by atoms with E-state index in [1.54, 1.807) is 0 Å². The maximum Gasteiger partial charge on any atom is 0.161 e.